The van der Waals surface area contributed by atoms with E-state index in [0.717, 1.165) is 5.69 Å². The van der Waals surface area contributed by atoms with Gasteiger partial charge in [-0.05, 0) is 113 Å². The lowest BCUT2D eigenvalue weighted by Crippen LogP contribution is -2.74. The van der Waals surface area contributed by atoms with Crippen LogP contribution >= 0.6 is 0 Å². The molecule has 0 spiro atoms. The summed E-state index contributed by atoms with van der Waals surface area (Å²) in [6.45, 7) is 0. The maximum Gasteiger partial charge on any atom is 0.179 e. The Morgan fingerprint density at radius 1 is 0.275 bits per heavy atom. The summed E-state index contributed by atoms with van der Waals surface area (Å²) in [6.07, 6.45) is 0. The fourth-order valence-corrected chi connectivity index (χ4v) is 16.6. The maximum atomic E-state index is 2.46. The molecule has 1 aliphatic carbocycles. The highest BCUT2D eigenvalue weighted by Gasteiger charge is 2.47. The summed E-state index contributed by atoms with van der Waals surface area (Å²) >= 11 is 0. The van der Waals surface area contributed by atoms with Crippen molar-refractivity contribution in [2.24, 2.45) is 0 Å². The lowest BCUT2D eigenvalue weighted by Gasteiger charge is -2.36. The van der Waals surface area contributed by atoms with E-state index in [0.29, 0.717) is 0 Å². The predicted molar refractivity (Wildman–Crippen MR) is 293 cm³/mol. The third kappa shape index (κ3) is 6.37. The Morgan fingerprint density at radius 2 is 0.623 bits per heavy atom. The summed E-state index contributed by atoms with van der Waals surface area (Å²) in [4.78, 5) is 0. The van der Waals surface area contributed by atoms with Crippen LogP contribution in [-0.4, -0.2) is 12.6 Å². The van der Waals surface area contributed by atoms with E-state index in [4.69, 9.17) is 0 Å². The van der Waals surface area contributed by atoms with Gasteiger partial charge in [0.2, 0.25) is 0 Å². The molecule has 0 atom stereocenters. The molecule has 0 radical (unpaired) electrons. The molecule has 0 saturated carbocycles. The standard InChI is InChI=1S/C67H47NSi/c1-6-20-48(21-7-1)50-34-44-65-61(46-50)62-47-51(49-22-8-2-9-23-49)35-45-66(62)68(65)54-40-36-52(37-41-54)67(63-32-18-16-30-59(63)60-31-17-19-33-64(60)67)53-38-42-58(43-39-53)69(55-24-10-3-11-25-55,56-26-12-4-13-27-56)57-28-14-5-15-29-57/h1-47H. The smallest absolute Gasteiger partial charge is 0.179 e. The van der Waals surface area contributed by atoms with Crippen molar-refractivity contribution in [2.45, 2.75) is 5.41 Å². The number of nitrogens with zero attached hydrogens (tertiary/aromatic N) is 1. The van der Waals surface area contributed by atoms with Crippen LogP contribution in [0.25, 0.3) is 60.9 Å². The Balaban J connectivity index is 1.01. The number of rotatable bonds is 9. The molecule has 11 aromatic carbocycles. The minimum absolute atomic E-state index is 0.559. The van der Waals surface area contributed by atoms with Crippen molar-refractivity contribution in [3.63, 3.8) is 0 Å². The summed E-state index contributed by atoms with van der Waals surface area (Å²) in [7, 11) is -2.74. The normalized spacial score (nSPS) is 12.8. The van der Waals surface area contributed by atoms with Gasteiger partial charge >= 0.3 is 0 Å². The molecule has 0 aliphatic heterocycles. The van der Waals surface area contributed by atoms with Gasteiger partial charge in [0.25, 0.3) is 0 Å². The Hall–Kier alpha value is -8.56. The van der Waals surface area contributed by atoms with Crippen molar-refractivity contribution in [3.05, 3.63) is 307 Å². The number of fused-ring (bicyclic) bond motifs is 6. The van der Waals surface area contributed by atoms with Crippen LogP contribution in [0.5, 0.6) is 0 Å². The van der Waals surface area contributed by atoms with E-state index in [1.807, 2.05) is 0 Å². The monoisotopic (exact) mass is 893 g/mol. The van der Waals surface area contributed by atoms with Crippen molar-refractivity contribution in [1.29, 1.82) is 0 Å². The lowest BCUT2D eigenvalue weighted by molar-refractivity contribution is 0.768. The lowest BCUT2D eigenvalue weighted by atomic mass is 9.68. The van der Waals surface area contributed by atoms with E-state index in [1.165, 1.54) is 98.2 Å². The summed E-state index contributed by atoms with van der Waals surface area (Å²) in [5.74, 6) is 0. The second-order valence-electron chi connectivity index (χ2n) is 18.3. The summed E-state index contributed by atoms with van der Waals surface area (Å²) < 4.78 is 2.46. The quantitative estimate of drug-likeness (QED) is 0.100. The van der Waals surface area contributed by atoms with Crippen molar-refractivity contribution in [1.82, 2.24) is 4.57 Å². The second kappa shape index (κ2) is 16.6. The molecule has 12 aromatic rings. The van der Waals surface area contributed by atoms with Gasteiger partial charge in [0.15, 0.2) is 8.07 Å². The van der Waals surface area contributed by atoms with E-state index in [1.54, 1.807) is 0 Å². The first-order valence-electron chi connectivity index (χ1n) is 24.0. The Morgan fingerprint density at radius 3 is 1.04 bits per heavy atom. The third-order valence-corrected chi connectivity index (χ3v) is 19.7. The zero-order chi connectivity index (χ0) is 45.8. The first-order valence-corrected chi connectivity index (χ1v) is 26.0. The Bertz CT molecular complexity index is 3550. The minimum atomic E-state index is -2.74. The zero-order valence-corrected chi connectivity index (χ0v) is 39.1. The highest BCUT2D eigenvalue weighted by molar-refractivity contribution is 7.19. The first-order chi connectivity index (χ1) is 34.2. The van der Waals surface area contributed by atoms with Crippen LogP contribution in [0.1, 0.15) is 22.3 Å². The molecule has 1 heterocycles. The van der Waals surface area contributed by atoms with Crippen LogP contribution in [0.15, 0.2) is 285 Å². The van der Waals surface area contributed by atoms with Crippen LogP contribution in [0.2, 0.25) is 0 Å². The van der Waals surface area contributed by atoms with Crippen molar-refractivity contribution >= 4 is 50.6 Å². The SMILES string of the molecule is c1ccc(-c2ccc3c(c2)c2cc(-c4ccccc4)ccc2n3-c2ccc(C3(c4ccc([Si](c5ccccc5)(c5ccccc5)c5ccccc5)cc4)c4ccccc4-c4ccccc43)cc2)cc1. The Labute approximate surface area is 404 Å². The van der Waals surface area contributed by atoms with Gasteiger partial charge in [-0.15, -0.1) is 0 Å². The molecule has 0 fully saturated rings. The van der Waals surface area contributed by atoms with Gasteiger partial charge in [-0.1, -0.05) is 249 Å². The molecular weight excluding hydrogens is 847 g/mol. The summed E-state index contributed by atoms with van der Waals surface area (Å²) in [5, 5.41) is 7.95. The fourth-order valence-electron chi connectivity index (χ4n) is 11.8. The number of hydrogen-bond acceptors (Lipinski definition) is 0. The molecule has 0 amide bonds. The Kier molecular flexibility index (Phi) is 9.81. The van der Waals surface area contributed by atoms with Crippen LogP contribution in [0, 0.1) is 0 Å². The highest BCUT2D eigenvalue weighted by atomic mass is 28.3. The molecule has 0 N–H and O–H groups in total. The molecular formula is C67H47NSi. The van der Waals surface area contributed by atoms with Crippen LogP contribution in [-0.2, 0) is 5.41 Å². The van der Waals surface area contributed by atoms with Crippen LogP contribution in [0.3, 0.4) is 0 Å². The van der Waals surface area contributed by atoms with Crippen molar-refractivity contribution < 1.29 is 0 Å². The molecule has 1 nitrogen and oxygen atoms in total. The molecule has 13 rings (SSSR count). The van der Waals surface area contributed by atoms with E-state index < -0.39 is 13.5 Å². The van der Waals surface area contributed by atoms with Crippen molar-refractivity contribution in [3.8, 4) is 39.1 Å². The van der Waals surface area contributed by atoms with Gasteiger partial charge in [0.05, 0.1) is 16.4 Å². The summed E-state index contributed by atoms with van der Waals surface area (Å²) in [5.41, 5.74) is 15.5. The van der Waals surface area contributed by atoms with Crippen molar-refractivity contribution in [2.75, 3.05) is 0 Å². The topological polar surface area (TPSA) is 4.93 Å². The molecule has 324 valence electrons. The molecule has 0 bridgehead atoms. The molecule has 1 aliphatic rings. The highest BCUT2D eigenvalue weighted by Crippen LogP contribution is 2.56. The van der Waals surface area contributed by atoms with E-state index in [9.17, 15) is 0 Å². The largest absolute Gasteiger partial charge is 0.309 e. The second-order valence-corrected chi connectivity index (χ2v) is 22.2. The zero-order valence-electron chi connectivity index (χ0n) is 38.1. The molecule has 1 aromatic heterocycles. The van der Waals surface area contributed by atoms with E-state index in [2.05, 4.69) is 290 Å². The van der Waals surface area contributed by atoms with Gasteiger partial charge in [-0.2, -0.15) is 0 Å². The molecule has 69 heavy (non-hydrogen) atoms. The summed E-state index contributed by atoms with van der Waals surface area (Å²) in [6, 6.07) is 106. The van der Waals surface area contributed by atoms with Gasteiger partial charge in [0.1, 0.15) is 0 Å². The molecule has 2 heteroatoms. The number of hydrogen-bond donors (Lipinski definition) is 0. The number of benzene rings is 11. The average Bonchev–Trinajstić information content (AvgIpc) is 3.93. The molecule has 0 unspecified atom stereocenters. The fraction of sp³-hybridized carbons (Fsp3) is 0.0149. The van der Waals surface area contributed by atoms with Gasteiger partial charge in [0, 0.05) is 16.5 Å². The van der Waals surface area contributed by atoms with Gasteiger partial charge < -0.3 is 4.57 Å². The van der Waals surface area contributed by atoms with Gasteiger partial charge in [-0.25, -0.2) is 0 Å². The first kappa shape index (κ1) is 40.7. The molecule has 0 saturated heterocycles. The van der Waals surface area contributed by atoms with Crippen LogP contribution in [0.4, 0.5) is 0 Å². The minimum Gasteiger partial charge on any atom is -0.309 e. The maximum absolute atomic E-state index is 2.74. The van der Waals surface area contributed by atoms with E-state index >= 15 is 0 Å². The number of aromatic nitrogens is 1. The predicted octanol–water partition coefficient (Wildman–Crippen LogP) is 13.9. The van der Waals surface area contributed by atoms with Gasteiger partial charge in [-0.3, -0.25) is 0 Å². The van der Waals surface area contributed by atoms with E-state index in [-0.39, 0.29) is 0 Å². The van der Waals surface area contributed by atoms with Crippen LogP contribution < -0.4 is 20.7 Å². The average molecular weight is 894 g/mol. The third-order valence-electron chi connectivity index (χ3n) is 14.9.